The third kappa shape index (κ3) is 6.29. The topological polar surface area (TPSA) is 67.4 Å². The van der Waals surface area contributed by atoms with E-state index < -0.39 is 0 Å². The lowest BCUT2D eigenvalue weighted by atomic mass is 10.2. The number of halogens is 2. The Balaban J connectivity index is 1.72. The normalized spacial score (nSPS) is 10.2. The van der Waals surface area contributed by atoms with Gasteiger partial charge in [-0.05, 0) is 48.9 Å². The maximum atomic E-state index is 12.0. The standard InChI is InChI=1S/C18H18Cl2N2O3/c1-25-16-6-4-12(5-7-16)18(24)21-8-2-3-17(23)22-15-10-13(19)9-14(20)11-15/h4-7,9-11H,2-3,8H2,1H3,(H,21,24)(H,22,23). The Labute approximate surface area is 156 Å². The van der Waals surface area contributed by atoms with Gasteiger partial charge in [-0.1, -0.05) is 23.2 Å². The second-order valence-corrected chi connectivity index (χ2v) is 6.17. The molecule has 2 rings (SSSR count). The first-order valence-electron chi connectivity index (χ1n) is 7.66. The number of carbonyl (C=O) groups excluding carboxylic acids is 2. The fourth-order valence-corrected chi connectivity index (χ4v) is 2.67. The highest BCUT2D eigenvalue weighted by molar-refractivity contribution is 6.35. The fourth-order valence-electron chi connectivity index (χ4n) is 2.14. The molecule has 0 aliphatic carbocycles. The van der Waals surface area contributed by atoms with Gasteiger partial charge in [0.05, 0.1) is 7.11 Å². The number of rotatable bonds is 7. The molecule has 0 aliphatic heterocycles. The molecule has 0 atom stereocenters. The SMILES string of the molecule is COc1ccc(C(=O)NCCCC(=O)Nc2cc(Cl)cc(Cl)c2)cc1. The van der Waals surface area contributed by atoms with E-state index in [-0.39, 0.29) is 18.2 Å². The minimum absolute atomic E-state index is 0.169. The Morgan fingerprint density at radius 3 is 2.28 bits per heavy atom. The van der Waals surface area contributed by atoms with Crippen LogP contribution in [-0.4, -0.2) is 25.5 Å². The molecule has 0 unspecified atom stereocenters. The first kappa shape index (κ1) is 19.1. The molecule has 132 valence electrons. The van der Waals surface area contributed by atoms with Crippen LogP contribution in [-0.2, 0) is 4.79 Å². The van der Waals surface area contributed by atoms with Crippen molar-refractivity contribution in [3.63, 3.8) is 0 Å². The number of anilines is 1. The maximum Gasteiger partial charge on any atom is 0.251 e. The summed E-state index contributed by atoms with van der Waals surface area (Å²) in [6, 6.07) is 11.6. The Morgan fingerprint density at radius 2 is 1.68 bits per heavy atom. The van der Waals surface area contributed by atoms with Crippen molar-refractivity contribution < 1.29 is 14.3 Å². The minimum Gasteiger partial charge on any atom is -0.497 e. The molecular formula is C18H18Cl2N2O3. The molecule has 2 N–H and O–H groups in total. The molecule has 2 amide bonds. The van der Waals surface area contributed by atoms with E-state index in [0.29, 0.717) is 40.0 Å². The molecule has 0 aliphatic rings. The largest absolute Gasteiger partial charge is 0.497 e. The lowest BCUT2D eigenvalue weighted by Gasteiger charge is -2.08. The second kappa shape index (κ2) is 9.30. The number of hydrogen-bond acceptors (Lipinski definition) is 3. The zero-order chi connectivity index (χ0) is 18.2. The van der Waals surface area contributed by atoms with Gasteiger partial charge < -0.3 is 15.4 Å². The van der Waals surface area contributed by atoms with Gasteiger partial charge in [-0.2, -0.15) is 0 Å². The predicted molar refractivity (Wildman–Crippen MR) is 99.7 cm³/mol. The van der Waals surface area contributed by atoms with Crippen molar-refractivity contribution in [1.29, 1.82) is 0 Å². The van der Waals surface area contributed by atoms with Crippen molar-refractivity contribution in [2.24, 2.45) is 0 Å². The molecule has 2 aromatic carbocycles. The summed E-state index contributed by atoms with van der Waals surface area (Å²) in [5.41, 5.74) is 1.09. The summed E-state index contributed by atoms with van der Waals surface area (Å²) >= 11 is 11.8. The van der Waals surface area contributed by atoms with Crippen LogP contribution >= 0.6 is 23.2 Å². The molecule has 2 aromatic rings. The van der Waals surface area contributed by atoms with Crippen molar-refractivity contribution in [1.82, 2.24) is 5.32 Å². The summed E-state index contributed by atoms with van der Waals surface area (Å²) < 4.78 is 5.04. The van der Waals surface area contributed by atoms with Gasteiger partial charge in [-0.15, -0.1) is 0 Å². The van der Waals surface area contributed by atoms with E-state index in [2.05, 4.69) is 10.6 Å². The number of hydrogen-bond donors (Lipinski definition) is 2. The van der Waals surface area contributed by atoms with Crippen LogP contribution in [0.25, 0.3) is 0 Å². The quantitative estimate of drug-likeness (QED) is 0.708. The highest BCUT2D eigenvalue weighted by atomic mass is 35.5. The number of amides is 2. The zero-order valence-corrected chi connectivity index (χ0v) is 15.2. The van der Waals surface area contributed by atoms with Crippen LogP contribution in [0.2, 0.25) is 10.0 Å². The molecule has 0 bridgehead atoms. The zero-order valence-electron chi connectivity index (χ0n) is 13.6. The van der Waals surface area contributed by atoms with Crippen LogP contribution in [0.4, 0.5) is 5.69 Å². The summed E-state index contributed by atoms with van der Waals surface area (Å²) in [5, 5.41) is 6.40. The Morgan fingerprint density at radius 1 is 1.04 bits per heavy atom. The third-order valence-electron chi connectivity index (χ3n) is 3.36. The van der Waals surface area contributed by atoms with Crippen LogP contribution in [0.1, 0.15) is 23.2 Å². The second-order valence-electron chi connectivity index (χ2n) is 5.29. The van der Waals surface area contributed by atoms with E-state index in [1.807, 2.05) is 0 Å². The molecule has 7 heteroatoms. The van der Waals surface area contributed by atoms with Gasteiger partial charge >= 0.3 is 0 Å². The summed E-state index contributed by atoms with van der Waals surface area (Å²) in [5.74, 6) is 0.330. The van der Waals surface area contributed by atoms with E-state index in [1.54, 1.807) is 49.6 Å². The fraction of sp³-hybridized carbons (Fsp3) is 0.222. The smallest absolute Gasteiger partial charge is 0.251 e. The van der Waals surface area contributed by atoms with Crippen molar-refractivity contribution in [3.05, 3.63) is 58.1 Å². The summed E-state index contributed by atoms with van der Waals surface area (Å²) in [6.07, 6.45) is 0.787. The first-order chi connectivity index (χ1) is 12.0. The van der Waals surface area contributed by atoms with E-state index in [4.69, 9.17) is 27.9 Å². The molecule has 25 heavy (non-hydrogen) atoms. The number of carbonyl (C=O) groups is 2. The molecule has 0 radical (unpaired) electrons. The van der Waals surface area contributed by atoms with Gasteiger partial charge in [0.25, 0.3) is 5.91 Å². The summed E-state index contributed by atoms with van der Waals surface area (Å²) in [6.45, 7) is 0.397. The number of benzene rings is 2. The van der Waals surface area contributed by atoms with Crippen molar-refractivity contribution in [2.75, 3.05) is 19.0 Å². The Bertz CT molecular complexity index is 728. The van der Waals surface area contributed by atoms with Gasteiger partial charge in [0, 0.05) is 34.3 Å². The summed E-state index contributed by atoms with van der Waals surface area (Å²) in [7, 11) is 1.57. The molecule has 5 nitrogen and oxygen atoms in total. The van der Waals surface area contributed by atoms with Crippen molar-refractivity contribution in [2.45, 2.75) is 12.8 Å². The molecule has 0 spiro atoms. The van der Waals surface area contributed by atoms with E-state index in [9.17, 15) is 9.59 Å². The first-order valence-corrected chi connectivity index (χ1v) is 8.42. The number of nitrogens with one attached hydrogen (secondary N) is 2. The van der Waals surface area contributed by atoms with Crippen molar-refractivity contribution in [3.8, 4) is 5.75 Å². The molecule has 0 saturated heterocycles. The van der Waals surface area contributed by atoms with E-state index >= 15 is 0 Å². The van der Waals surface area contributed by atoms with Crippen LogP contribution in [0.5, 0.6) is 5.75 Å². The van der Waals surface area contributed by atoms with Gasteiger partial charge in [0.15, 0.2) is 0 Å². The summed E-state index contributed by atoms with van der Waals surface area (Å²) in [4.78, 5) is 23.9. The Hall–Kier alpha value is -2.24. The molecule has 0 heterocycles. The highest BCUT2D eigenvalue weighted by Gasteiger charge is 2.07. The van der Waals surface area contributed by atoms with Gasteiger partial charge in [-0.3, -0.25) is 9.59 Å². The average molecular weight is 381 g/mol. The minimum atomic E-state index is -0.190. The number of methoxy groups -OCH3 is 1. The maximum absolute atomic E-state index is 12.0. The molecule has 0 fully saturated rings. The lowest BCUT2D eigenvalue weighted by Crippen LogP contribution is -2.25. The van der Waals surface area contributed by atoms with Crippen molar-refractivity contribution >= 4 is 40.7 Å². The molecular weight excluding hydrogens is 363 g/mol. The molecule has 0 saturated carbocycles. The number of ether oxygens (including phenoxy) is 1. The van der Waals surface area contributed by atoms with Crippen LogP contribution < -0.4 is 15.4 Å². The van der Waals surface area contributed by atoms with E-state index in [0.717, 1.165) is 0 Å². The van der Waals surface area contributed by atoms with Crippen LogP contribution in [0.15, 0.2) is 42.5 Å². The Kier molecular flexibility index (Phi) is 7.10. The van der Waals surface area contributed by atoms with Crippen LogP contribution in [0.3, 0.4) is 0 Å². The van der Waals surface area contributed by atoms with E-state index in [1.165, 1.54) is 0 Å². The third-order valence-corrected chi connectivity index (χ3v) is 3.80. The van der Waals surface area contributed by atoms with Gasteiger partial charge in [-0.25, -0.2) is 0 Å². The van der Waals surface area contributed by atoms with Gasteiger partial charge in [0.2, 0.25) is 5.91 Å². The average Bonchev–Trinajstić information content (AvgIpc) is 2.57. The van der Waals surface area contributed by atoms with Crippen LogP contribution in [0, 0.1) is 0 Å². The lowest BCUT2D eigenvalue weighted by molar-refractivity contribution is -0.116. The predicted octanol–water partition coefficient (Wildman–Crippen LogP) is 4.15. The highest BCUT2D eigenvalue weighted by Crippen LogP contribution is 2.22. The van der Waals surface area contributed by atoms with Gasteiger partial charge in [0.1, 0.15) is 5.75 Å². The monoisotopic (exact) mass is 380 g/mol. The molecule has 0 aromatic heterocycles.